The summed E-state index contributed by atoms with van der Waals surface area (Å²) >= 11 is 0. The SMILES string of the molecule is CCOC(=O)C[C@@H](/C=C/CCOC(c1ccccc1)(c1ccccc1)c1ccccc1)COCOC. The van der Waals surface area contributed by atoms with Crippen molar-refractivity contribution in [3.05, 3.63) is 120 Å². The molecule has 0 aliphatic carbocycles. The summed E-state index contributed by atoms with van der Waals surface area (Å²) in [4.78, 5) is 12.0. The van der Waals surface area contributed by atoms with Crippen LogP contribution in [-0.4, -0.2) is 39.7 Å². The summed E-state index contributed by atoms with van der Waals surface area (Å²) < 4.78 is 22.4. The second-order valence-electron chi connectivity index (χ2n) is 8.39. The molecule has 0 N–H and O–H groups in total. The van der Waals surface area contributed by atoms with Gasteiger partial charge in [-0.15, -0.1) is 0 Å². The van der Waals surface area contributed by atoms with Crippen LogP contribution < -0.4 is 0 Å². The Morgan fingerprint density at radius 1 is 0.861 bits per heavy atom. The van der Waals surface area contributed by atoms with E-state index in [1.165, 1.54) is 0 Å². The second-order valence-corrected chi connectivity index (χ2v) is 8.39. The summed E-state index contributed by atoms with van der Waals surface area (Å²) in [7, 11) is 1.58. The van der Waals surface area contributed by atoms with Crippen molar-refractivity contribution in [3.8, 4) is 0 Å². The lowest BCUT2D eigenvalue weighted by atomic mass is 9.80. The maximum atomic E-state index is 12.0. The molecule has 0 aliphatic heterocycles. The first-order chi connectivity index (χ1) is 17.7. The Morgan fingerprint density at radius 3 is 1.86 bits per heavy atom. The van der Waals surface area contributed by atoms with E-state index in [-0.39, 0.29) is 25.1 Å². The molecule has 0 aliphatic rings. The number of carbonyl (C=O) groups is 1. The zero-order chi connectivity index (χ0) is 25.5. The lowest BCUT2D eigenvalue weighted by molar-refractivity contribution is -0.144. The van der Waals surface area contributed by atoms with E-state index in [9.17, 15) is 4.79 Å². The fourth-order valence-corrected chi connectivity index (χ4v) is 4.24. The van der Waals surface area contributed by atoms with Crippen molar-refractivity contribution < 1.29 is 23.7 Å². The normalized spacial score (nSPS) is 12.5. The zero-order valence-electron chi connectivity index (χ0n) is 21.2. The van der Waals surface area contributed by atoms with E-state index in [2.05, 4.69) is 36.4 Å². The van der Waals surface area contributed by atoms with Crippen LogP contribution in [0.3, 0.4) is 0 Å². The van der Waals surface area contributed by atoms with E-state index in [4.69, 9.17) is 18.9 Å². The van der Waals surface area contributed by atoms with Crippen LogP contribution in [0, 0.1) is 5.92 Å². The number of ether oxygens (including phenoxy) is 4. The predicted octanol–water partition coefficient (Wildman–Crippen LogP) is 6.13. The maximum Gasteiger partial charge on any atom is 0.306 e. The number of hydrogen-bond donors (Lipinski definition) is 0. The molecular weight excluding hydrogens is 452 g/mol. The summed E-state index contributed by atoms with van der Waals surface area (Å²) in [5.74, 6) is -0.331. The van der Waals surface area contributed by atoms with Crippen LogP contribution in [0.5, 0.6) is 0 Å². The Bertz CT molecular complexity index is 938. The number of rotatable bonds is 15. The standard InChI is InChI=1S/C31H36O5/c1-3-35-30(32)23-26(24-34-25-33-2)15-13-14-22-36-31(27-16-7-4-8-17-27,28-18-9-5-10-19-28)29-20-11-6-12-21-29/h4-13,15-21,26H,3,14,22-25H2,1-2H3/b15-13+/t26-/m1/s1. The fraction of sp³-hybridized carbons (Fsp3) is 0.323. The molecule has 1 atom stereocenters. The summed E-state index contributed by atoms with van der Waals surface area (Å²) in [5, 5.41) is 0. The monoisotopic (exact) mass is 488 g/mol. The van der Waals surface area contributed by atoms with E-state index in [0.29, 0.717) is 26.2 Å². The summed E-state index contributed by atoms with van der Waals surface area (Å²) in [6.45, 7) is 3.22. The molecule has 5 heteroatoms. The van der Waals surface area contributed by atoms with Gasteiger partial charge in [0, 0.05) is 13.0 Å². The highest BCUT2D eigenvalue weighted by Crippen LogP contribution is 2.40. The second kappa shape index (κ2) is 15.0. The fourth-order valence-electron chi connectivity index (χ4n) is 4.24. The van der Waals surface area contributed by atoms with Gasteiger partial charge in [-0.05, 0) is 30.0 Å². The Labute approximate surface area is 214 Å². The topological polar surface area (TPSA) is 54.0 Å². The third-order valence-electron chi connectivity index (χ3n) is 5.82. The molecule has 0 bridgehead atoms. The zero-order valence-corrected chi connectivity index (χ0v) is 21.2. The Balaban J connectivity index is 1.80. The van der Waals surface area contributed by atoms with Gasteiger partial charge in [0.15, 0.2) is 0 Å². The molecule has 0 aromatic heterocycles. The van der Waals surface area contributed by atoms with Crippen molar-refractivity contribution in [2.45, 2.75) is 25.4 Å². The van der Waals surface area contributed by atoms with E-state index < -0.39 is 5.60 Å². The molecule has 0 unspecified atom stereocenters. The highest BCUT2D eigenvalue weighted by molar-refractivity contribution is 5.69. The molecule has 0 fully saturated rings. The lowest BCUT2D eigenvalue weighted by Crippen LogP contribution is -2.33. The predicted molar refractivity (Wildman–Crippen MR) is 141 cm³/mol. The van der Waals surface area contributed by atoms with E-state index >= 15 is 0 Å². The minimum absolute atomic E-state index is 0.0960. The summed E-state index contributed by atoms with van der Waals surface area (Å²) in [6, 6.07) is 31.0. The van der Waals surface area contributed by atoms with Crippen LogP contribution in [0.15, 0.2) is 103 Å². The van der Waals surface area contributed by atoms with Gasteiger partial charge in [0.05, 0.1) is 26.2 Å². The maximum absolute atomic E-state index is 12.0. The average Bonchev–Trinajstić information content (AvgIpc) is 2.92. The molecule has 5 nitrogen and oxygen atoms in total. The van der Waals surface area contributed by atoms with Crippen LogP contribution in [-0.2, 0) is 29.3 Å². The van der Waals surface area contributed by atoms with Crippen LogP contribution in [0.1, 0.15) is 36.5 Å². The first-order valence-corrected chi connectivity index (χ1v) is 12.4. The van der Waals surface area contributed by atoms with Crippen molar-refractivity contribution >= 4 is 5.97 Å². The van der Waals surface area contributed by atoms with Gasteiger partial charge in [0.25, 0.3) is 0 Å². The Kier molecular flexibility index (Phi) is 11.4. The molecule has 0 saturated carbocycles. The number of hydrogen-bond acceptors (Lipinski definition) is 5. The van der Waals surface area contributed by atoms with Gasteiger partial charge in [0.1, 0.15) is 12.4 Å². The summed E-state index contributed by atoms with van der Waals surface area (Å²) in [6.07, 6.45) is 4.99. The molecule has 3 aromatic carbocycles. The molecule has 0 saturated heterocycles. The van der Waals surface area contributed by atoms with Gasteiger partial charge in [0.2, 0.25) is 0 Å². The number of carbonyl (C=O) groups excluding carboxylic acids is 1. The molecule has 36 heavy (non-hydrogen) atoms. The molecule has 0 amide bonds. The van der Waals surface area contributed by atoms with Crippen molar-refractivity contribution in [3.63, 3.8) is 0 Å². The van der Waals surface area contributed by atoms with E-state index in [1.54, 1.807) is 14.0 Å². The van der Waals surface area contributed by atoms with Crippen LogP contribution >= 0.6 is 0 Å². The first kappa shape index (κ1) is 27.3. The van der Waals surface area contributed by atoms with Crippen LogP contribution in [0.25, 0.3) is 0 Å². The number of benzene rings is 3. The lowest BCUT2D eigenvalue weighted by Gasteiger charge is -2.36. The minimum Gasteiger partial charge on any atom is -0.466 e. The average molecular weight is 489 g/mol. The molecule has 190 valence electrons. The molecule has 0 radical (unpaired) electrons. The number of esters is 1. The van der Waals surface area contributed by atoms with Gasteiger partial charge in [-0.2, -0.15) is 0 Å². The minimum atomic E-state index is -0.746. The van der Waals surface area contributed by atoms with Gasteiger partial charge >= 0.3 is 5.97 Å². The smallest absolute Gasteiger partial charge is 0.306 e. The highest BCUT2D eigenvalue weighted by atomic mass is 16.7. The van der Waals surface area contributed by atoms with Gasteiger partial charge in [-0.1, -0.05) is 103 Å². The number of methoxy groups -OCH3 is 1. The van der Waals surface area contributed by atoms with Crippen LogP contribution in [0.4, 0.5) is 0 Å². The van der Waals surface area contributed by atoms with Crippen molar-refractivity contribution in [2.75, 3.05) is 33.7 Å². The highest BCUT2D eigenvalue weighted by Gasteiger charge is 2.37. The van der Waals surface area contributed by atoms with E-state index in [0.717, 1.165) is 16.7 Å². The van der Waals surface area contributed by atoms with Crippen molar-refractivity contribution in [1.29, 1.82) is 0 Å². The van der Waals surface area contributed by atoms with Gasteiger partial charge in [-0.3, -0.25) is 4.79 Å². The molecule has 3 aromatic rings. The Morgan fingerprint density at radius 2 is 1.39 bits per heavy atom. The quantitative estimate of drug-likeness (QED) is 0.0847. The third-order valence-corrected chi connectivity index (χ3v) is 5.82. The Hall–Kier alpha value is -3.25. The molecular formula is C31H36O5. The van der Waals surface area contributed by atoms with Gasteiger partial charge in [-0.25, -0.2) is 0 Å². The molecule has 0 heterocycles. The summed E-state index contributed by atoms with van der Waals surface area (Å²) in [5.41, 5.74) is 2.46. The van der Waals surface area contributed by atoms with Crippen molar-refractivity contribution in [1.82, 2.24) is 0 Å². The molecule has 0 spiro atoms. The van der Waals surface area contributed by atoms with Crippen LogP contribution in [0.2, 0.25) is 0 Å². The van der Waals surface area contributed by atoms with E-state index in [1.807, 2.05) is 66.7 Å². The first-order valence-electron chi connectivity index (χ1n) is 12.4. The third kappa shape index (κ3) is 7.62. The van der Waals surface area contributed by atoms with Crippen molar-refractivity contribution in [2.24, 2.45) is 5.92 Å². The van der Waals surface area contributed by atoms with Gasteiger partial charge < -0.3 is 18.9 Å². The largest absolute Gasteiger partial charge is 0.466 e. The molecule has 3 rings (SSSR count).